The number of carboxylic acids is 1. The SMILES string of the molecule is O=C(O)CN(Cc1cnc(Cl)s1)c1cc(Cl)ccn1. The van der Waals surface area contributed by atoms with Crippen molar-refractivity contribution in [1.29, 1.82) is 0 Å². The minimum absolute atomic E-state index is 0.178. The number of hydrogen-bond donors (Lipinski definition) is 1. The minimum Gasteiger partial charge on any atom is -0.480 e. The second-order valence-electron chi connectivity index (χ2n) is 3.66. The molecule has 1 N–H and O–H groups in total. The van der Waals surface area contributed by atoms with Crippen molar-refractivity contribution in [3.05, 3.63) is 38.9 Å². The number of halogens is 2. The van der Waals surface area contributed by atoms with Gasteiger partial charge in [0.25, 0.3) is 0 Å². The Morgan fingerprint density at radius 2 is 2.21 bits per heavy atom. The average molecular weight is 318 g/mol. The van der Waals surface area contributed by atoms with Gasteiger partial charge in [0.2, 0.25) is 0 Å². The van der Waals surface area contributed by atoms with E-state index in [0.29, 0.717) is 21.9 Å². The van der Waals surface area contributed by atoms with Gasteiger partial charge < -0.3 is 10.0 Å². The topological polar surface area (TPSA) is 66.3 Å². The molecule has 0 spiro atoms. The Labute approximate surface area is 123 Å². The Kier molecular flexibility index (Phi) is 4.57. The molecule has 0 aliphatic carbocycles. The zero-order valence-electron chi connectivity index (χ0n) is 9.58. The van der Waals surface area contributed by atoms with Crippen LogP contribution in [0.5, 0.6) is 0 Å². The molecule has 5 nitrogen and oxygen atoms in total. The van der Waals surface area contributed by atoms with Gasteiger partial charge >= 0.3 is 5.97 Å². The number of rotatable bonds is 5. The lowest BCUT2D eigenvalue weighted by molar-refractivity contribution is -0.135. The normalized spacial score (nSPS) is 10.4. The largest absolute Gasteiger partial charge is 0.480 e. The lowest BCUT2D eigenvalue weighted by Crippen LogP contribution is -2.29. The first-order valence-electron chi connectivity index (χ1n) is 5.23. The van der Waals surface area contributed by atoms with Crippen LogP contribution in [-0.4, -0.2) is 27.6 Å². The van der Waals surface area contributed by atoms with E-state index in [1.54, 1.807) is 23.2 Å². The Morgan fingerprint density at radius 1 is 1.42 bits per heavy atom. The van der Waals surface area contributed by atoms with Gasteiger partial charge in [-0.05, 0) is 12.1 Å². The monoisotopic (exact) mass is 317 g/mol. The summed E-state index contributed by atoms with van der Waals surface area (Å²) in [5.74, 6) is -0.447. The van der Waals surface area contributed by atoms with Crippen molar-refractivity contribution in [2.75, 3.05) is 11.4 Å². The molecule has 0 saturated heterocycles. The van der Waals surface area contributed by atoms with Crippen LogP contribution < -0.4 is 4.90 Å². The molecule has 0 aliphatic heterocycles. The number of pyridine rings is 1. The third-order valence-corrected chi connectivity index (χ3v) is 3.56. The number of carbonyl (C=O) groups is 1. The molecule has 0 bridgehead atoms. The third kappa shape index (κ3) is 4.05. The van der Waals surface area contributed by atoms with E-state index in [9.17, 15) is 4.79 Å². The summed E-state index contributed by atoms with van der Waals surface area (Å²) >= 11 is 12.9. The molecule has 0 aromatic carbocycles. The maximum absolute atomic E-state index is 10.9. The summed E-state index contributed by atoms with van der Waals surface area (Å²) in [7, 11) is 0. The Morgan fingerprint density at radius 3 is 2.79 bits per heavy atom. The lowest BCUT2D eigenvalue weighted by atomic mass is 10.3. The molecule has 0 fully saturated rings. The molecular formula is C11H9Cl2N3O2S. The first-order chi connectivity index (χ1) is 9.04. The van der Waals surface area contributed by atoms with Crippen molar-refractivity contribution in [1.82, 2.24) is 9.97 Å². The van der Waals surface area contributed by atoms with Gasteiger partial charge in [0.1, 0.15) is 12.4 Å². The van der Waals surface area contributed by atoms with Gasteiger partial charge in [-0.3, -0.25) is 4.79 Å². The fourth-order valence-corrected chi connectivity index (χ4v) is 2.64. The summed E-state index contributed by atoms with van der Waals surface area (Å²) in [4.78, 5) is 21.4. The van der Waals surface area contributed by atoms with Crippen molar-refractivity contribution in [3.8, 4) is 0 Å². The molecule has 0 saturated carbocycles. The van der Waals surface area contributed by atoms with Crippen molar-refractivity contribution in [2.24, 2.45) is 0 Å². The highest BCUT2D eigenvalue weighted by molar-refractivity contribution is 7.15. The molecule has 2 heterocycles. The van der Waals surface area contributed by atoms with Crippen molar-refractivity contribution in [2.45, 2.75) is 6.54 Å². The molecule has 0 aliphatic rings. The summed E-state index contributed by atoms with van der Waals surface area (Å²) in [6, 6.07) is 3.25. The summed E-state index contributed by atoms with van der Waals surface area (Å²) in [5.41, 5.74) is 0. The molecule has 100 valence electrons. The van der Waals surface area contributed by atoms with E-state index in [-0.39, 0.29) is 6.54 Å². The molecule has 0 radical (unpaired) electrons. The number of nitrogens with zero attached hydrogens (tertiary/aromatic N) is 3. The molecule has 19 heavy (non-hydrogen) atoms. The third-order valence-electron chi connectivity index (χ3n) is 2.23. The highest BCUT2D eigenvalue weighted by Gasteiger charge is 2.14. The standard InChI is InChI=1S/C11H9Cl2N3O2S/c12-7-1-2-14-9(3-7)16(6-10(17)18)5-8-4-15-11(13)19-8/h1-4H,5-6H2,(H,17,18). The first-order valence-corrected chi connectivity index (χ1v) is 6.80. The van der Waals surface area contributed by atoms with E-state index in [0.717, 1.165) is 4.88 Å². The lowest BCUT2D eigenvalue weighted by Gasteiger charge is -2.20. The molecule has 2 aromatic heterocycles. The molecule has 2 rings (SSSR count). The number of aromatic nitrogens is 2. The summed E-state index contributed by atoms with van der Waals surface area (Å²) in [6.45, 7) is 0.187. The van der Waals surface area contributed by atoms with Gasteiger partial charge in [-0.15, -0.1) is 11.3 Å². The van der Waals surface area contributed by atoms with E-state index >= 15 is 0 Å². The molecule has 0 amide bonds. The summed E-state index contributed by atoms with van der Waals surface area (Å²) in [5, 5.41) is 9.46. The maximum atomic E-state index is 10.9. The highest BCUT2D eigenvalue weighted by atomic mass is 35.5. The zero-order valence-corrected chi connectivity index (χ0v) is 11.9. The molecule has 8 heteroatoms. The van der Waals surface area contributed by atoms with E-state index in [1.165, 1.54) is 17.5 Å². The van der Waals surface area contributed by atoms with Gasteiger partial charge in [0.05, 0.1) is 6.54 Å². The smallest absolute Gasteiger partial charge is 0.323 e. The fourth-order valence-electron chi connectivity index (χ4n) is 1.49. The number of thiazole rings is 1. The Bertz CT molecular complexity index is 591. The van der Waals surface area contributed by atoms with Crippen LogP contribution in [0.4, 0.5) is 5.82 Å². The Hall–Kier alpha value is -1.37. The van der Waals surface area contributed by atoms with Crippen LogP contribution in [0.2, 0.25) is 9.49 Å². The maximum Gasteiger partial charge on any atom is 0.323 e. The van der Waals surface area contributed by atoms with Gasteiger partial charge in [-0.2, -0.15) is 0 Å². The van der Waals surface area contributed by atoms with Crippen molar-refractivity contribution >= 4 is 46.3 Å². The minimum atomic E-state index is -0.947. The second-order valence-corrected chi connectivity index (χ2v) is 5.80. The predicted octanol–water partition coefficient (Wildman–Crippen LogP) is 2.94. The van der Waals surface area contributed by atoms with Gasteiger partial charge in [-0.1, -0.05) is 23.2 Å². The fraction of sp³-hybridized carbons (Fsp3) is 0.182. The molecule has 0 unspecified atom stereocenters. The van der Waals surface area contributed by atoms with Crippen LogP contribution >= 0.6 is 34.5 Å². The Balaban J connectivity index is 2.22. The summed E-state index contributed by atoms with van der Waals surface area (Å²) in [6.07, 6.45) is 3.15. The van der Waals surface area contributed by atoms with Crippen LogP contribution in [0, 0.1) is 0 Å². The van der Waals surface area contributed by atoms with Crippen molar-refractivity contribution in [3.63, 3.8) is 0 Å². The van der Waals surface area contributed by atoms with Crippen LogP contribution in [0.1, 0.15) is 4.88 Å². The number of aliphatic carboxylic acids is 1. The van der Waals surface area contributed by atoms with Crippen LogP contribution in [0.3, 0.4) is 0 Å². The predicted molar refractivity (Wildman–Crippen MR) is 75.1 cm³/mol. The van der Waals surface area contributed by atoms with Crippen LogP contribution in [-0.2, 0) is 11.3 Å². The van der Waals surface area contributed by atoms with E-state index in [2.05, 4.69) is 9.97 Å². The zero-order chi connectivity index (χ0) is 13.8. The van der Waals surface area contributed by atoms with Gasteiger partial charge in [-0.25, -0.2) is 9.97 Å². The highest BCUT2D eigenvalue weighted by Crippen LogP contribution is 2.23. The number of carboxylic acid groups (broad SMARTS) is 1. The first kappa shape index (κ1) is 14.0. The summed E-state index contributed by atoms with van der Waals surface area (Å²) < 4.78 is 0.421. The van der Waals surface area contributed by atoms with E-state index in [4.69, 9.17) is 28.3 Å². The molecular weight excluding hydrogens is 309 g/mol. The van der Waals surface area contributed by atoms with Crippen LogP contribution in [0.15, 0.2) is 24.5 Å². The van der Waals surface area contributed by atoms with Crippen molar-refractivity contribution < 1.29 is 9.90 Å². The van der Waals surface area contributed by atoms with Gasteiger partial charge in [0, 0.05) is 22.3 Å². The molecule has 2 aromatic rings. The molecule has 0 atom stereocenters. The average Bonchev–Trinajstić information content (AvgIpc) is 2.73. The number of anilines is 1. The number of hydrogen-bond acceptors (Lipinski definition) is 5. The van der Waals surface area contributed by atoms with E-state index in [1.807, 2.05) is 0 Å². The second kappa shape index (κ2) is 6.18. The van der Waals surface area contributed by atoms with E-state index < -0.39 is 5.97 Å². The van der Waals surface area contributed by atoms with Crippen LogP contribution in [0.25, 0.3) is 0 Å². The quantitative estimate of drug-likeness (QED) is 0.918. The van der Waals surface area contributed by atoms with Gasteiger partial charge in [0.15, 0.2) is 4.47 Å².